The zero-order valence-electron chi connectivity index (χ0n) is 16.8. The van der Waals surface area contributed by atoms with E-state index >= 15 is 0 Å². The predicted molar refractivity (Wildman–Crippen MR) is 106 cm³/mol. The fourth-order valence-electron chi connectivity index (χ4n) is 3.76. The molecule has 0 aromatic heterocycles. The maximum Gasteiger partial charge on any atom is 0.229 e. The summed E-state index contributed by atoms with van der Waals surface area (Å²) >= 11 is 0. The lowest BCUT2D eigenvalue weighted by molar-refractivity contribution is -0.277. The van der Waals surface area contributed by atoms with E-state index in [1.165, 1.54) is 12.1 Å². The number of carbonyl (C=O) groups excluding carboxylic acids is 1. The molecular weight excluding hydrogens is 444 g/mol. The normalized spacial score (nSPS) is 31.5. The molecule has 2 aromatic rings. The average molecular weight is 466 g/mol. The number of phenols is 3. The van der Waals surface area contributed by atoms with Crippen LogP contribution >= 0.6 is 0 Å². The summed E-state index contributed by atoms with van der Waals surface area (Å²) in [6.45, 7) is -0.680. The Labute approximate surface area is 186 Å². The molecule has 0 saturated carbocycles. The van der Waals surface area contributed by atoms with Gasteiger partial charge in [-0.3, -0.25) is 4.79 Å². The molecule has 7 atom stereocenters. The highest BCUT2D eigenvalue weighted by molar-refractivity contribution is 6.05. The summed E-state index contributed by atoms with van der Waals surface area (Å²) in [7, 11) is 0. The second-order valence-corrected chi connectivity index (χ2v) is 7.73. The average Bonchev–Trinajstić information content (AvgIpc) is 2.77. The highest BCUT2D eigenvalue weighted by atomic mass is 16.7. The van der Waals surface area contributed by atoms with Gasteiger partial charge < -0.3 is 55.1 Å². The van der Waals surface area contributed by atoms with Crippen molar-refractivity contribution in [1.82, 2.24) is 0 Å². The van der Waals surface area contributed by atoms with Crippen LogP contribution in [0.15, 0.2) is 30.3 Å². The molecule has 2 heterocycles. The number of phenolic OH excluding ortho intramolecular Hbond substituents is 3. The molecule has 178 valence electrons. The molecule has 8 N–H and O–H groups in total. The fourth-order valence-corrected chi connectivity index (χ4v) is 3.76. The van der Waals surface area contributed by atoms with E-state index in [0.717, 1.165) is 18.2 Å². The Morgan fingerprint density at radius 3 is 2.33 bits per heavy atom. The number of hydrogen-bond acceptors (Lipinski definition) is 12. The number of carbonyl (C=O) groups is 1. The Morgan fingerprint density at radius 1 is 0.909 bits per heavy atom. The second kappa shape index (κ2) is 8.67. The molecule has 2 aliphatic heterocycles. The molecular formula is C21H22O12. The topological polar surface area (TPSA) is 207 Å². The number of benzene rings is 2. The van der Waals surface area contributed by atoms with Crippen molar-refractivity contribution in [2.75, 3.05) is 6.61 Å². The van der Waals surface area contributed by atoms with Gasteiger partial charge in [-0.15, -0.1) is 0 Å². The minimum Gasteiger partial charge on any atom is -0.508 e. The van der Waals surface area contributed by atoms with Crippen LogP contribution in [0.25, 0.3) is 0 Å². The number of fused-ring (bicyclic) bond motifs is 1. The van der Waals surface area contributed by atoms with E-state index in [2.05, 4.69) is 0 Å². The number of ether oxygens (including phenoxy) is 3. The minimum atomic E-state index is -1.75. The lowest BCUT2D eigenvalue weighted by atomic mass is 9.92. The summed E-state index contributed by atoms with van der Waals surface area (Å²) in [6.07, 6.45) is -10.9. The Hall–Kier alpha value is -3.13. The molecule has 0 bridgehead atoms. The number of rotatable bonds is 4. The molecule has 0 radical (unpaired) electrons. The van der Waals surface area contributed by atoms with Crippen LogP contribution in [-0.2, 0) is 4.74 Å². The van der Waals surface area contributed by atoms with Gasteiger partial charge in [0.15, 0.2) is 23.7 Å². The molecule has 2 aliphatic rings. The first-order valence-electron chi connectivity index (χ1n) is 9.87. The van der Waals surface area contributed by atoms with Crippen molar-refractivity contribution in [2.45, 2.75) is 42.9 Å². The first-order valence-corrected chi connectivity index (χ1v) is 9.87. The predicted octanol–water partition coefficient (Wildman–Crippen LogP) is -1.34. The third kappa shape index (κ3) is 4.04. The van der Waals surface area contributed by atoms with Crippen molar-refractivity contribution in [1.29, 1.82) is 0 Å². The highest BCUT2D eigenvalue weighted by Crippen LogP contribution is 2.43. The highest BCUT2D eigenvalue weighted by Gasteiger charge is 2.45. The van der Waals surface area contributed by atoms with E-state index in [4.69, 9.17) is 14.2 Å². The lowest BCUT2D eigenvalue weighted by Gasteiger charge is -2.39. The van der Waals surface area contributed by atoms with Crippen molar-refractivity contribution in [2.24, 2.45) is 0 Å². The SMILES string of the molecule is O=C1c2c(O)cc(O)cc2O[C@@H](c2ccc(O)c(O[C@H]3O[C@H](CO)[C@H](O)[C@@H](O)[C@@H]3O)c2)[C@H]1O. The summed E-state index contributed by atoms with van der Waals surface area (Å²) in [5, 5.41) is 79.5. The third-order valence-electron chi connectivity index (χ3n) is 5.53. The van der Waals surface area contributed by atoms with Crippen LogP contribution in [0, 0.1) is 0 Å². The standard InChI is InChI=1S/C21H22O12/c22-6-13-15(26)17(28)19(30)21(33-13)32-11-3-7(1-2-9(11)24)20-18(29)16(27)14-10(25)4-8(23)5-12(14)31-20/h1-5,13,15,17-26,28-30H,6H2/t13-,15+,17-,18+,19+,20+,21+/m1/s1. The monoisotopic (exact) mass is 466 g/mol. The van der Waals surface area contributed by atoms with Crippen LogP contribution in [0.3, 0.4) is 0 Å². The van der Waals surface area contributed by atoms with Crippen molar-refractivity contribution in [3.63, 3.8) is 0 Å². The van der Waals surface area contributed by atoms with Crippen molar-refractivity contribution in [3.05, 3.63) is 41.5 Å². The Balaban J connectivity index is 1.63. The molecule has 0 aliphatic carbocycles. The largest absolute Gasteiger partial charge is 0.508 e. The maximum atomic E-state index is 12.6. The number of hydrogen-bond donors (Lipinski definition) is 8. The first kappa shape index (κ1) is 23.0. The quantitative estimate of drug-likeness (QED) is 0.263. The fraction of sp³-hybridized carbons (Fsp3) is 0.381. The molecule has 1 saturated heterocycles. The van der Waals surface area contributed by atoms with Crippen LogP contribution in [0.4, 0.5) is 0 Å². The van der Waals surface area contributed by atoms with E-state index in [-0.39, 0.29) is 28.4 Å². The molecule has 12 heteroatoms. The molecule has 1 fully saturated rings. The van der Waals surface area contributed by atoms with Gasteiger partial charge >= 0.3 is 0 Å². The van der Waals surface area contributed by atoms with Crippen LogP contribution in [0.1, 0.15) is 22.0 Å². The summed E-state index contributed by atoms with van der Waals surface area (Å²) in [5.41, 5.74) is -0.158. The summed E-state index contributed by atoms with van der Waals surface area (Å²) in [4.78, 5) is 12.6. The number of aromatic hydroxyl groups is 3. The zero-order valence-corrected chi connectivity index (χ0v) is 16.8. The van der Waals surface area contributed by atoms with Gasteiger partial charge in [-0.25, -0.2) is 0 Å². The van der Waals surface area contributed by atoms with Gasteiger partial charge in [0.2, 0.25) is 12.1 Å². The first-order chi connectivity index (χ1) is 15.6. The van der Waals surface area contributed by atoms with Crippen LogP contribution in [0.5, 0.6) is 28.7 Å². The molecule has 4 rings (SSSR count). The number of ketones is 1. The van der Waals surface area contributed by atoms with Gasteiger partial charge in [0, 0.05) is 12.1 Å². The zero-order chi connectivity index (χ0) is 24.0. The van der Waals surface area contributed by atoms with Crippen molar-refractivity contribution < 1.29 is 59.9 Å². The lowest BCUT2D eigenvalue weighted by Crippen LogP contribution is -2.60. The molecule has 33 heavy (non-hydrogen) atoms. The number of aliphatic hydroxyl groups excluding tert-OH is 5. The molecule has 0 unspecified atom stereocenters. The van der Waals surface area contributed by atoms with Gasteiger partial charge in [0.25, 0.3) is 0 Å². The Morgan fingerprint density at radius 2 is 1.64 bits per heavy atom. The number of aliphatic hydroxyl groups is 5. The smallest absolute Gasteiger partial charge is 0.229 e. The Bertz CT molecular complexity index is 1050. The molecule has 0 amide bonds. The molecule has 0 spiro atoms. The van der Waals surface area contributed by atoms with E-state index in [1.54, 1.807) is 0 Å². The van der Waals surface area contributed by atoms with Gasteiger partial charge in [0.05, 0.1) is 6.61 Å². The third-order valence-corrected chi connectivity index (χ3v) is 5.53. The van der Waals surface area contributed by atoms with E-state index in [9.17, 15) is 45.6 Å². The van der Waals surface area contributed by atoms with Gasteiger partial charge in [-0.1, -0.05) is 6.07 Å². The minimum absolute atomic E-state index is 0.140. The summed E-state index contributed by atoms with van der Waals surface area (Å²) in [5.74, 6) is -2.68. The number of Topliss-reactive ketones (excluding diaryl/α,β-unsaturated/α-hetero) is 1. The van der Waals surface area contributed by atoms with E-state index in [1.807, 2.05) is 0 Å². The Kier molecular flexibility index (Phi) is 6.05. The van der Waals surface area contributed by atoms with Crippen molar-refractivity contribution >= 4 is 5.78 Å². The van der Waals surface area contributed by atoms with Crippen LogP contribution < -0.4 is 9.47 Å². The van der Waals surface area contributed by atoms with E-state index < -0.39 is 66.8 Å². The van der Waals surface area contributed by atoms with Crippen LogP contribution in [0.2, 0.25) is 0 Å². The van der Waals surface area contributed by atoms with Gasteiger partial charge in [0.1, 0.15) is 47.2 Å². The van der Waals surface area contributed by atoms with Gasteiger partial charge in [-0.2, -0.15) is 0 Å². The second-order valence-electron chi connectivity index (χ2n) is 7.73. The van der Waals surface area contributed by atoms with Crippen LogP contribution in [-0.4, -0.2) is 90.1 Å². The van der Waals surface area contributed by atoms with Crippen molar-refractivity contribution in [3.8, 4) is 28.7 Å². The maximum absolute atomic E-state index is 12.6. The van der Waals surface area contributed by atoms with Gasteiger partial charge in [-0.05, 0) is 17.7 Å². The summed E-state index contributed by atoms with van der Waals surface area (Å²) in [6, 6.07) is 5.69. The molecule has 2 aromatic carbocycles. The van der Waals surface area contributed by atoms with E-state index in [0.29, 0.717) is 0 Å². The summed E-state index contributed by atoms with van der Waals surface area (Å²) < 4.78 is 16.3. The molecule has 12 nitrogen and oxygen atoms in total.